The lowest BCUT2D eigenvalue weighted by atomic mass is 10.1. The van der Waals surface area contributed by atoms with Crippen molar-refractivity contribution in [3.05, 3.63) is 59.2 Å². The van der Waals surface area contributed by atoms with Crippen LogP contribution in [0.25, 0.3) is 0 Å². The molecule has 0 spiro atoms. The Bertz CT molecular complexity index is 726. The molecule has 0 aliphatic heterocycles. The molecule has 0 bridgehead atoms. The van der Waals surface area contributed by atoms with Crippen molar-refractivity contribution in [2.75, 3.05) is 11.9 Å². The molecule has 2 aromatic carbocycles. The van der Waals surface area contributed by atoms with Crippen molar-refractivity contribution in [1.29, 1.82) is 0 Å². The van der Waals surface area contributed by atoms with Gasteiger partial charge in [0.1, 0.15) is 12.4 Å². The van der Waals surface area contributed by atoms with Gasteiger partial charge in [-0.2, -0.15) is 0 Å². The van der Waals surface area contributed by atoms with E-state index in [0.717, 1.165) is 11.1 Å². The van der Waals surface area contributed by atoms with E-state index in [1.54, 1.807) is 24.3 Å². The third-order valence-electron chi connectivity index (χ3n) is 2.91. The number of anilines is 1. The number of nitrogens with one attached hydrogen (secondary N) is 1. The van der Waals surface area contributed by atoms with E-state index in [1.807, 2.05) is 13.0 Å². The standard InChI is InChI=1S/C17H15NO3/c1-12-7-8-15(10-13(12)5-3-9-19)18-17(21)14-4-2-6-16(20)11-14/h2,4,6-8,10-11,19-20H,9H2,1H3,(H,18,21). The molecule has 2 rings (SSSR count). The number of phenolic OH excluding ortho intramolecular Hbond substituents is 1. The SMILES string of the molecule is Cc1ccc(NC(=O)c2cccc(O)c2)cc1C#CCO. The zero-order valence-electron chi connectivity index (χ0n) is 11.6. The highest BCUT2D eigenvalue weighted by molar-refractivity contribution is 6.04. The van der Waals surface area contributed by atoms with Crippen molar-refractivity contribution in [2.45, 2.75) is 6.92 Å². The maximum Gasteiger partial charge on any atom is 0.255 e. The molecule has 106 valence electrons. The largest absolute Gasteiger partial charge is 0.508 e. The normalized spacial score (nSPS) is 9.62. The van der Waals surface area contributed by atoms with E-state index in [0.29, 0.717) is 11.3 Å². The highest BCUT2D eigenvalue weighted by Crippen LogP contribution is 2.17. The van der Waals surface area contributed by atoms with Gasteiger partial charge < -0.3 is 15.5 Å². The number of carbonyl (C=O) groups is 1. The number of rotatable bonds is 2. The average Bonchev–Trinajstić information content (AvgIpc) is 2.47. The van der Waals surface area contributed by atoms with Crippen LogP contribution in [0.2, 0.25) is 0 Å². The van der Waals surface area contributed by atoms with Crippen molar-refractivity contribution in [1.82, 2.24) is 0 Å². The zero-order valence-corrected chi connectivity index (χ0v) is 11.6. The molecule has 0 aliphatic carbocycles. The molecule has 0 saturated carbocycles. The number of hydrogen-bond donors (Lipinski definition) is 3. The van der Waals surface area contributed by atoms with E-state index in [4.69, 9.17) is 5.11 Å². The van der Waals surface area contributed by atoms with Crippen molar-refractivity contribution in [3.8, 4) is 17.6 Å². The lowest BCUT2D eigenvalue weighted by molar-refractivity contribution is 0.102. The number of hydrogen-bond acceptors (Lipinski definition) is 3. The van der Waals surface area contributed by atoms with E-state index >= 15 is 0 Å². The molecular formula is C17H15NO3. The quantitative estimate of drug-likeness (QED) is 0.740. The van der Waals surface area contributed by atoms with Crippen molar-refractivity contribution < 1.29 is 15.0 Å². The third kappa shape index (κ3) is 3.85. The Morgan fingerprint density at radius 1 is 1.24 bits per heavy atom. The summed E-state index contributed by atoms with van der Waals surface area (Å²) in [5.74, 6) is 5.15. The molecule has 2 aromatic rings. The highest BCUT2D eigenvalue weighted by atomic mass is 16.3. The molecule has 4 heteroatoms. The summed E-state index contributed by atoms with van der Waals surface area (Å²) < 4.78 is 0. The lowest BCUT2D eigenvalue weighted by Crippen LogP contribution is -2.11. The summed E-state index contributed by atoms with van der Waals surface area (Å²) in [4.78, 5) is 12.1. The molecule has 0 aromatic heterocycles. The number of phenols is 1. The lowest BCUT2D eigenvalue weighted by Gasteiger charge is -2.07. The predicted octanol–water partition coefficient (Wildman–Crippen LogP) is 2.30. The van der Waals surface area contributed by atoms with Gasteiger partial charge in [-0.1, -0.05) is 24.0 Å². The molecule has 4 nitrogen and oxygen atoms in total. The Kier molecular flexibility index (Phi) is 4.60. The van der Waals surface area contributed by atoms with Gasteiger partial charge in [0.05, 0.1) is 0 Å². The highest BCUT2D eigenvalue weighted by Gasteiger charge is 2.07. The number of aliphatic hydroxyl groups is 1. The minimum absolute atomic E-state index is 0.0426. The van der Waals surface area contributed by atoms with Crippen LogP contribution in [0.3, 0.4) is 0 Å². The minimum Gasteiger partial charge on any atom is -0.508 e. The Morgan fingerprint density at radius 3 is 2.76 bits per heavy atom. The first-order chi connectivity index (χ1) is 10.1. The number of carbonyl (C=O) groups excluding carboxylic acids is 1. The van der Waals surface area contributed by atoms with Crippen molar-refractivity contribution in [3.63, 3.8) is 0 Å². The second-order valence-corrected chi connectivity index (χ2v) is 4.49. The van der Waals surface area contributed by atoms with Crippen LogP contribution in [-0.2, 0) is 0 Å². The van der Waals surface area contributed by atoms with Gasteiger partial charge in [-0.25, -0.2) is 0 Å². The Hall–Kier alpha value is -2.77. The van der Waals surface area contributed by atoms with Gasteiger partial charge in [-0.3, -0.25) is 4.79 Å². The number of benzene rings is 2. The summed E-state index contributed by atoms with van der Waals surface area (Å²) in [5, 5.41) is 20.9. The summed E-state index contributed by atoms with van der Waals surface area (Å²) in [6, 6.07) is 11.5. The molecule has 1 amide bonds. The minimum atomic E-state index is -0.309. The van der Waals surface area contributed by atoms with E-state index < -0.39 is 0 Å². The number of amides is 1. The number of aromatic hydroxyl groups is 1. The molecule has 0 unspecified atom stereocenters. The number of aryl methyl sites for hydroxylation is 1. The van der Waals surface area contributed by atoms with E-state index in [9.17, 15) is 9.90 Å². The van der Waals surface area contributed by atoms with Crippen LogP contribution in [-0.4, -0.2) is 22.7 Å². The van der Waals surface area contributed by atoms with E-state index in [1.165, 1.54) is 12.1 Å². The topological polar surface area (TPSA) is 69.6 Å². The molecule has 0 saturated heterocycles. The van der Waals surface area contributed by atoms with Crippen LogP contribution in [0.15, 0.2) is 42.5 Å². The first kappa shape index (κ1) is 14.6. The van der Waals surface area contributed by atoms with Crippen LogP contribution in [0.5, 0.6) is 5.75 Å². The fourth-order valence-corrected chi connectivity index (χ4v) is 1.82. The molecule has 0 atom stereocenters. The van der Waals surface area contributed by atoms with Crippen molar-refractivity contribution >= 4 is 11.6 Å². The molecule has 21 heavy (non-hydrogen) atoms. The first-order valence-corrected chi connectivity index (χ1v) is 6.41. The second-order valence-electron chi connectivity index (χ2n) is 4.49. The Balaban J connectivity index is 2.21. The van der Waals surface area contributed by atoms with Gasteiger partial charge >= 0.3 is 0 Å². The maximum atomic E-state index is 12.1. The Morgan fingerprint density at radius 2 is 2.05 bits per heavy atom. The van der Waals surface area contributed by atoms with Gasteiger partial charge in [0.25, 0.3) is 5.91 Å². The fraction of sp³-hybridized carbons (Fsp3) is 0.118. The fourth-order valence-electron chi connectivity index (χ4n) is 1.82. The average molecular weight is 281 g/mol. The molecular weight excluding hydrogens is 266 g/mol. The van der Waals surface area contributed by atoms with Gasteiger partial charge in [-0.05, 0) is 42.8 Å². The summed E-state index contributed by atoms with van der Waals surface area (Å²) in [6.07, 6.45) is 0. The summed E-state index contributed by atoms with van der Waals surface area (Å²) in [6.45, 7) is 1.70. The van der Waals surface area contributed by atoms with Gasteiger partial charge in [0, 0.05) is 16.8 Å². The zero-order chi connectivity index (χ0) is 15.2. The number of aliphatic hydroxyl groups excluding tert-OH is 1. The second kappa shape index (κ2) is 6.60. The molecule has 0 heterocycles. The summed E-state index contributed by atoms with van der Waals surface area (Å²) in [5.41, 5.74) is 2.69. The van der Waals surface area contributed by atoms with Crippen molar-refractivity contribution in [2.24, 2.45) is 0 Å². The van der Waals surface area contributed by atoms with Crippen LogP contribution in [0.1, 0.15) is 21.5 Å². The molecule has 0 aliphatic rings. The summed E-state index contributed by atoms with van der Waals surface area (Å²) >= 11 is 0. The van der Waals surface area contributed by atoms with E-state index in [-0.39, 0.29) is 18.3 Å². The van der Waals surface area contributed by atoms with Gasteiger partial charge in [0.2, 0.25) is 0 Å². The third-order valence-corrected chi connectivity index (χ3v) is 2.91. The van der Waals surface area contributed by atoms with Crippen LogP contribution >= 0.6 is 0 Å². The maximum absolute atomic E-state index is 12.1. The van der Waals surface area contributed by atoms with Gasteiger partial charge in [-0.15, -0.1) is 0 Å². The predicted molar refractivity (Wildman–Crippen MR) is 81.2 cm³/mol. The smallest absolute Gasteiger partial charge is 0.255 e. The van der Waals surface area contributed by atoms with Crippen LogP contribution in [0, 0.1) is 18.8 Å². The van der Waals surface area contributed by atoms with Gasteiger partial charge in [0.15, 0.2) is 0 Å². The monoisotopic (exact) mass is 281 g/mol. The molecule has 0 fully saturated rings. The summed E-state index contributed by atoms with van der Waals surface area (Å²) in [7, 11) is 0. The Labute approximate surface area is 123 Å². The molecule has 3 N–H and O–H groups in total. The van der Waals surface area contributed by atoms with Crippen LogP contribution < -0.4 is 5.32 Å². The first-order valence-electron chi connectivity index (χ1n) is 6.41. The van der Waals surface area contributed by atoms with E-state index in [2.05, 4.69) is 17.2 Å². The molecule has 0 radical (unpaired) electrons. The van der Waals surface area contributed by atoms with Crippen LogP contribution in [0.4, 0.5) is 5.69 Å².